The van der Waals surface area contributed by atoms with E-state index in [0.717, 1.165) is 0 Å². The molecule has 25 heavy (non-hydrogen) atoms. The van der Waals surface area contributed by atoms with Gasteiger partial charge < -0.3 is 9.15 Å². The fraction of sp³-hybridized carbons (Fsp3) is 0.438. The summed E-state index contributed by atoms with van der Waals surface area (Å²) >= 11 is 0. The van der Waals surface area contributed by atoms with Crippen molar-refractivity contribution in [3.63, 3.8) is 0 Å². The number of aryl methyl sites for hydroxylation is 1. The van der Waals surface area contributed by atoms with Crippen LogP contribution in [-0.4, -0.2) is 42.6 Å². The Balaban J connectivity index is 1.74. The average molecular weight is 362 g/mol. The summed E-state index contributed by atoms with van der Waals surface area (Å²) < 4.78 is 37.9. The minimum atomic E-state index is -3.55. The highest BCUT2D eigenvalue weighted by Gasteiger charge is 2.33. The van der Waals surface area contributed by atoms with Crippen LogP contribution in [0.25, 0.3) is 0 Å². The van der Waals surface area contributed by atoms with E-state index in [1.54, 1.807) is 24.3 Å². The highest BCUT2D eigenvalue weighted by atomic mass is 32.2. The van der Waals surface area contributed by atoms with Gasteiger partial charge in [0.2, 0.25) is 21.8 Å². The van der Waals surface area contributed by atoms with Crippen molar-refractivity contribution in [3.05, 3.63) is 47.2 Å². The van der Waals surface area contributed by atoms with E-state index in [0.29, 0.717) is 29.3 Å². The predicted octanol–water partition coefficient (Wildman–Crippen LogP) is 1.41. The molecule has 1 atom stereocenters. The number of benzene rings is 1. The van der Waals surface area contributed by atoms with Crippen LogP contribution in [0.3, 0.4) is 0 Å². The zero-order valence-electron chi connectivity index (χ0n) is 13.8. The Kier molecular flexibility index (Phi) is 5.13. The molecule has 0 saturated carbocycles. The van der Waals surface area contributed by atoms with Gasteiger partial charge in [0.1, 0.15) is 6.10 Å². The largest absolute Gasteiger partial charge is 0.422 e. The summed E-state index contributed by atoms with van der Waals surface area (Å²) in [7, 11) is -3.55. The van der Waals surface area contributed by atoms with Crippen molar-refractivity contribution in [3.8, 4) is 6.07 Å². The molecule has 0 unspecified atom stereocenters. The van der Waals surface area contributed by atoms with Gasteiger partial charge >= 0.3 is 0 Å². The molecule has 2 heterocycles. The van der Waals surface area contributed by atoms with Gasteiger partial charge in [-0.05, 0) is 17.7 Å². The van der Waals surface area contributed by atoms with Crippen LogP contribution in [0.5, 0.6) is 0 Å². The summed E-state index contributed by atoms with van der Waals surface area (Å²) in [6.45, 7) is 2.55. The molecule has 3 rings (SSSR count). The topological polar surface area (TPSA) is 109 Å². The van der Waals surface area contributed by atoms with Gasteiger partial charge in [0, 0.05) is 19.5 Å². The third-order valence-electron chi connectivity index (χ3n) is 3.89. The molecular formula is C16H18N4O4S. The Morgan fingerprint density at radius 1 is 1.40 bits per heavy atom. The van der Waals surface area contributed by atoms with E-state index in [-0.39, 0.29) is 25.4 Å². The zero-order chi connectivity index (χ0) is 17.9. The first-order valence-corrected chi connectivity index (χ1v) is 9.53. The number of ether oxygens (including phenoxy) is 1. The Bertz CT molecular complexity index is 888. The van der Waals surface area contributed by atoms with Crippen LogP contribution in [0.2, 0.25) is 0 Å². The van der Waals surface area contributed by atoms with Crippen LogP contribution >= 0.6 is 0 Å². The van der Waals surface area contributed by atoms with Crippen molar-refractivity contribution in [2.75, 3.05) is 19.7 Å². The number of morpholine rings is 1. The molecule has 1 aromatic carbocycles. The maximum atomic E-state index is 12.7. The Labute approximate surface area is 146 Å². The van der Waals surface area contributed by atoms with Gasteiger partial charge in [0.25, 0.3) is 0 Å². The van der Waals surface area contributed by atoms with Crippen LogP contribution < -0.4 is 0 Å². The molecule has 0 bridgehead atoms. The summed E-state index contributed by atoms with van der Waals surface area (Å²) in [4.78, 5) is 0. The van der Waals surface area contributed by atoms with Crippen LogP contribution in [0.15, 0.2) is 28.7 Å². The van der Waals surface area contributed by atoms with Gasteiger partial charge in [-0.3, -0.25) is 0 Å². The number of nitriles is 1. The fourth-order valence-electron chi connectivity index (χ4n) is 2.60. The summed E-state index contributed by atoms with van der Waals surface area (Å²) in [5.41, 5.74) is 1.01. The second kappa shape index (κ2) is 7.31. The molecule has 9 heteroatoms. The van der Waals surface area contributed by atoms with Crippen LogP contribution in [0.1, 0.15) is 35.9 Å². The molecule has 0 amide bonds. The van der Waals surface area contributed by atoms with Crippen LogP contribution in [0, 0.1) is 11.3 Å². The predicted molar refractivity (Wildman–Crippen MR) is 87.7 cm³/mol. The Hall–Kier alpha value is -2.28. The molecule has 1 aromatic heterocycles. The first-order chi connectivity index (χ1) is 12.0. The smallest absolute Gasteiger partial charge is 0.246 e. The van der Waals surface area contributed by atoms with E-state index < -0.39 is 16.1 Å². The van der Waals surface area contributed by atoms with Gasteiger partial charge in [0.05, 0.1) is 24.0 Å². The number of hydrogen-bond acceptors (Lipinski definition) is 7. The third-order valence-corrected chi connectivity index (χ3v) is 5.70. The van der Waals surface area contributed by atoms with E-state index in [1.165, 1.54) is 4.31 Å². The number of hydrogen-bond donors (Lipinski definition) is 0. The molecule has 0 spiro atoms. The van der Waals surface area contributed by atoms with Gasteiger partial charge in [-0.25, -0.2) is 8.42 Å². The first kappa shape index (κ1) is 17.5. The van der Waals surface area contributed by atoms with E-state index in [2.05, 4.69) is 10.2 Å². The lowest BCUT2D eigenvalue weighted by Crippen LogP contribution is -2.42. The summed E-state index contributed by atoms with van der Waals surface area (Å²) in [6, 6.07) is 8.61. The van der Waals surface area contributed by atoms with Crippen LogP contribution in [-0.2, 0) is 26.9 Å². The molecule has 0 radical (unpaired) electrons. The lowest BCUT2D eigenvalue weighted by molar-refractivity contribution is -0.0178. The van der Waals surface area contributed by atoms with E-state index >= 15 is 0 Å². The zero-order valence-corrected chi connectivity index (χ0v) is 14.6. The summed E-state index contributed by atoms with van der Waals surface area (Å²) in [5.74, 6) is 0.620. The van der Waals surface area contributed by atoms with E-state index in [1.807, 2.05) is 13.0 Å². The molecule has 1 aliphatic rings. The van der Waals surface area contributed by atoms with Crippen molar-refractivity contribution in [2.24, 2.45) is 0 Å². The third kappa shape index (κ3) is 4.04. The lowest BCUT2D eigenvalue weighted by Gasteiger charge is -2.30. The van der Waals surface area contributed by atoms with Crippen molar-refractivity contribution in [1.29, 1.82) is 5.26 Å². The maximum Gasteiger partial charge on any atom is 0.246 e. The van der Waals surface area contributed by atoms with Gasteiger partial charge in [-0.2, -0.15) is 9.57 Å². The molecule has 0 aliphatic carbocycles. The maximum absolute atomic E-state index is 12.7. The normalized spacial score (nSPS) is 18.8. The number of rotatable bonds is 5. The van der Waals surface area contributed by atoms with Crippen molar-refractivity contribution in [1.82, 2.24) is 14.5 Å². The number of aromatic nitrogens is 2. The average Bonchev–Trinajstić information content (AvgIpc) is 3.11. The number of sulfonamides is 1. The Morgan fingerprint density at radius 3 is 2.96 bits per heavy atom. The monoisotopic (exact) mass is 362 g/mol. The number of nitrogens with zero attached hydrogens (tertiary/aromatic N) is 4. The summed E-state index contributed by atoms with van der Waals surface area (Å²) in [5, 5.41) is 16.8. The van der Waals surface area contributed by atoms with Crippen molar-refractivity contribution < 1.29 is 17.6 Å². The van der Waals surface area contributed by atoms with Crippen molar-refractivity contribution in [2.45, 2.75) is 25.2 Å². The second-order valence-electron chi connectivity index (χ2n) is 5.67. The van der Waals surface area contributed by atoms with Gasteiger partial charge in [-0.1, -0.05) is 19.1 Å². The molecule has 8 nitrogen and oxygen atoms in total. The highest BCUT2D eigenvalue weighted by molar-refractivity contribution is 7.88. The van der Waals surface area contributed by atoms with Gasteiger partial charge in [0.15, 0.2) is 0 Å². The molecule has 1 saturated heterocycles. The lowest BCUT2D eigenvalue weighted by atomic mass is 10.2. The standard InChI is InChI=1S/C16H18N4O4S/c1-2-15-18-19-16(24-15)14-10-20(6-7-23-14)25(21,22)11-13-5-3-4-12(8-13)9-17/h3-5,8,14H,2,6-7,10-11H2,1H3/t14-/m0/s1. The first-order valence-electron chi connectivity index (χ1n) is 7.92. The molecule has 1 fully saturated rings. The Morgan fingerprint density at radius 2 is 2.24 bits per heavy atom. The van der Waals surface area contributed by atoms with E-state index in [9.17, 15) is 8.42 Å². The quantitative estimate of drug-likeness (QED) is 0.791. The van der Waals surface area contributed by atoms with Gasteiger partial charge in [-0.15, -0.1) is 10.2 Å². The SMILES string of the molecule is CCc1nnc([C@@H]2CN(S(=O)(=O)Cc3cccc(C#N)c3)CCO2)o1. The molecule has 1 aliphatic heterocycles. The van der Waals surface area contributed by atoms with Crippen LogP contribution in [0.4, 0.5) is 0 Å². The fourth-order valence-corrected chi connectivity index (χ4v) is 4.10. The van der Waals surface area contributed by atoms with Crippen molar-refractivity contribution >= 4 is 10.0 Å². The van der Waals surface area contributed by atoms with E-state index in [4.69, 9.17) is 14.4 Å². The molecule has 2 aromatic rings. The molecule has 132 valence electrons. The minimum Gasteiger partial charge on any atom is -0.422 e. The highest BCUT2D eigenvalue weighted by Crippen LogP contribution is 2.24. The molecule has 0 N–H and O–H groups in total. The summed E-state index contributed by atoms with van der Waals surface area (Å²) in [6.07, 6.45) is 0.0403. The second-order valence-corrected chi connectivity index (χ2v) is 7.64. The molecular weight excluding hydrogens is 344 g/mol. The minimum absolute atomic E-state index is 0.131.